The van der Waals surface area contributed by atoms with Crippen molar-refractivity contribution in [3.05, 3.63) is 98.5 Å². The van der Waals surface area contributed by atoms with Crippen LogP contribution in [0.4, 0.5) is 5.69 Å². The van der Waals surface area contributed by atoms with Gasteiger partial charge in [-0.1, -0.05) is 60.1 Å². The number of carbonyl (C=O) groups excluding carboxylic acids is 1. The monoisotopic (exact) mass is 532 g/mol. The highest BCUT2D eigenvalue weighted by Crippen LogP contribution is 2.20. The molecule has 1 amide bonds. The van der Waals surface area contributed by atoms with E-state index >= 15 is 0 Å². The third-order valence-corrected chi connectivity index (χ3v) is 5.85. The van der Waals surface area contributed by atoms with E-state index in [9.17, 15) is 9.59 Å². The smallest absolute Gasteiger partial charge is 0.282 e. The topological polar surface area (TPSA) is 85.6 Å². The van der Waals surface area contributed by atoms with Crippen LogP contribution in [0.5, 0.6) is 5.75 Å². The molecule has 0 bridgehead atoms. The largest absolute Gasteiger partial charge is 0.483 e. The van der Waals surface area contributed by atoms with E-state index in [1.165, 1.54) is 4.68 Å². The molecule has 4 rings (SSSR count). The van der Waals surface area contributed by atoms with E-state index in [1.807, 2.05) is 75.4 Å². The number of anilines is 1. The minimum absolute atomic E-state index is 0.0236. The van der Waals surface area contributed by atoms with Crippen molar-refractivity contribution in [3.8, 4) is 5.75 Å². The summed E-state index contributed by atoms with van der Waals surface area (Å²) in [5.41, 5.74) is 2.71. The van der Waals surface area contributed by atoms with Crippen LogP contribution in [-0.4, -0.2) is 28.4 Å². The number of hydrogen-bond acceptors (Lipinski definition) is 5. The number of nitrogens with zero attached hydrogens (tertiary/aromatic N) is 3. The predicted octanol–water partition coefficient (Wildman–Crippen LogP) is 5.49. The van der Waals surface area contributed by atoms with Crippen LogP contribution in [0.1, 0.15) is 36.7 Å². The fourth-order valence-electron chi connectivity index (χ4n) is 3.53. The number of hydrogen-bond donors (Lipinski definition) is 1. The van der Waals surface area contributed by atoms with Gasteiger partial charge in [-0.15, -0.1) is 0 Å². The minimum Gasteiger partial charge on any atom is -0.483 e. The normalized spacial score (nSPS) is 11.3. The molecule has 3 aromatic carbocycles. The standard InChI is InChI=1S/C27H25BrN4O3/c1-17(2)26-31-23-13-12-20(28)14-21(23)27(34)32(26)29-15-19-9-5-7-11-24(19)35-16-25(33)30-22-10-6-4-8-18(22)3/h4-15,17H,16H2,1-3H3,(H,30,33). The lowest BCUT2D eigenvalue weighted by Gasteiger charge is -2.13. The number of fused-ring (bicyclic) bond motifs is 1. The number of nitrogens with one attached hydrogen (secondary N) is 1. The van der Waals surface area contributed by atoms with Gasteiger partial charge in [0.15, 0.2) is 6.61 Å². The van der Waals surface area contributed by atoms with E-state index in [1.54, 1.807) is 18.3 Å². The van der Waals surface area contributed by atoms with Gasteiger partial charge in [-0.3, -0.25) is 9.59 Å². The molecule has 7 nitrogen and oxygen atoms in total. The molecule has 0 fully saturated rings. The fourth-order valence-corrected chi connectivity index (χ4v) is 3.89. The molecule has 1 aromatic heterocycles. The van der Waals surface area contributed by atoms with E-state index in [0.29, 0.717) is 28.0 Å². The Morgan fingerprint density at radius 1 is 1.14 bits per heavy atom. The second kappa shape index (κ2) is 10.7. The lowest BCUT2D eigenvalue weighted by Crippen LogP contribution is -2.23. The Bertz CT molecular complexity index is 1480. The number of aryl methyl sites for hydroxylation is 1. The highest BCUT2D eigenvalue weighted by atomic mass is 79.9. The lowest BCUT2D eigenvalue weighted by atomic mass is 10.2. The van der Waals surface area contributed by atoms with Crippen molar-refractivity contribution in [2.24, 2.45) is 5.10 Å². The summed E-state index contributed by atoms with van der Waals surface area (Å²) in [4.78, 5) is 30.3. The maximum absolute atomic E-state index is 13.2. The summed E-state index contributed by atoms with van der Waals surface area (Å²) in [6.07, 6.45) is 1.55. The SMILES string of the molecule is Cc1ccccc1NC(=O)COc1ccccc1C=Nn1c(C(C)C)nc2ccc(Br)cc2c1=O. The Balaban J connectivity index is 1.59. The summed E-state index contributed by atoms with van der Waals surface area (Å²) in [6.45, 7) is 5.68. The van der Waals surface area contributed by atoms with Crippen LogP contribution < -0.4 is 15.6 Å². The molecule has 0 radical (unpaired) electrons. The molecule has 0 aliphatic carbocycles. The van der Waals surface area contributed by atoms with Crippen LogP contribution in [0.2, 0.25) is 0 Å². The molecule has 0 unspecified atom stereocenters. The first kappa shape index (κ1) is 24.3. The predicted molar refractivity (Wildman–Crippen MR) is 143 cm³/mol. The molecule has 35 heavy (non-hydrogen) atoms. The summed E-state index contributed by atoms with van der Waals surface area (Å²) in [5.74, 6) is 0.738. The molecule has 8 heteroatoms. The van der Waals surface area contributed by atoms with Gasteiger partial charge in [0.1, 0.15) is 11.6 Å². The van der Waals surface area contributed by atoms with Gasteiger partial charge in [0.05, 0.1) is 17.1 Å². The summed E-state index contributed by atoms with van der Waals surface area (Å²) >= 11 is 3.41. The van der Waals surface area contributed by atoms with Crippen molar-refractivity contribution in [1.82, 2.24) is 9.66 Å². The molecule has 0 saturated heterocycles. The Kier molecular flexibility index (Phi) is 7.41. The van der Waals surface area contributed by atoms with Crippen molar-refractivity contribution in [3.63, 3.8) is 0 Å². The first-order chi connectivity index (χ1) is 16.8. The molecule has 0 aliphatic rings. The van der Waals surface area contributed by atoms with Gasteiger partial charge in [0, 0.05) is 21.6 Å². The maximum atomic E-state index is 13.2. The molecule has 0 atom stereocenters. The number of ether oxygens (including phenoxy) is 1. The van der Waals surface area contributed by atoms with Crippen molar-refractivity contribution in [2.75, 3.05) is 11.9 Å². The number of carbonyl (C=O) groups is 1. The zero-order valence-electron chi connectivity index (χ0n) is 19.7. The van der Waals surface area contributed by atoms with Gasteiger partial charge in [-0.2, -0.15) is 9.78 Å². The van der Waals surface area contributed by atoms with E-state index in [2.05, 4.69) is 31.3 Å². The maximum Gasteiger partial charge on any atom is 0.282 e. The molecule has 0 aliphatic heterocycles. The van der Waals surface area contributed by atoms with E-state index in [4.69, 9.17) is 4.74 Å². The van der Waals surface area contributed by atoms with E-state index in [-0.39, 0.29) is 24.0 Å². The van der Waals surface area contributed by atoms with Gasteiger partial charge in [-0.05, 0) is 48.9 Å². The summed E-state index contributed by atoms with van der Waals surface area (Å²) in [5, 5.41) is 7.79. The summed E-state index contributed by atoms with van der Waals surface area (Å²) in [6, 6.07) is 20.2. The van der Waals surface area contributed by atoms with Crippen LogP contribution in [0, 0.1) is 6.92 Å². The molecule has 4 aromatic rings. The van der Waals surface area contributed by atoms with E-state index in [0.717, 1.165) is 15.7 Å². The average Bonchev–Trinajstić information content (AvgIpc) is 2.84. The first-order valence-electron chi connectivity index (χ1n) is 11.2. The second-order valence-corrected chi connectivity index (χ2v) is 9.25. The van der Waals surface area contributed by atoms with Crippen molar-refractivity contribution < 1.29 is 9.53 Å². The third-order valence-electron chi connectivity index (χ3n) is 5.36. The minimum atomic E-state index is -0.270. The molecule has 0 saturated carbocycles. The third kappa shape index (κ3) is 5.66. The Morgan fingerprint density at radius 2 is 1.89 bits per heavy atom. The van der Waals surface area contributed by atoms with Crippen LogP contribution in [0.25, 0.3) is 10.9 Å². The Hall–Kier alpha value is -3.78. The molecule has 0 spiro atoms. The van der Waals surface area contributed by atoms with Crippen LogP contribution in [0.15, 0.2) is 81.1 Å². The zero-order chi connectivity index (χ0) is 24.9. The second-order valence-electron chi connectivity index (χ2n) is 8.34. The van der Waals surface area contributed by atoms with Crippen LogP contribution in [-0.2, 0) is 4.79 Å². The number of amides is 1. The molecule has 1 N–H and O–H groups in total. The number of halogens is 1. The van der Waals surface area contributed by atoms with E-state index < -0.39 is 0 Å². The lowest BCUT2D eigenvalue weighted by molar-refractivity contribution is -0.118. The van der Waals surface area contributed by atoms with Crippen molar-refractivity contribution in [2.45, 2.75) is 26.7 Å². The van der Waals surface area contributed by atoms with Gasteiger partial charge in [0.25, 0.3) is 11.5 Å². The highest BCUT2D eigenvalue weighted by Gasteiger charge is 2.14. The molecular formula is C27H25BrN4O3. The number of para-hydroxylation sites is 2. The first-order valence-corrected chi connectivity index (χ1v) is 12.0. The number of benzene rings is 3. The van der Waals surface area contributed by atoms with Crippen molar-refractivity contribution in [1.29, 1.82) is 0 Å². The fraction of sp³-hybridized carbons (Fsp3) is 0.185. The Morgan fingerprint density at radius 3 is 2.66 bits per heavy atom. The van der Waals surface area contributed by atoms with Gasteiger partial charge >= 0.3 is 0 Å². The highest BCUT2D eigenvalue weighted by molar-refractivity contribution is 9.10. The zero-order valence-corrected chi connectivity index (χ0v) is 21.2. The number of rotatable bonds is 7. The van der Waals surface area contributed by atoms with Gasteiger partial charge in [-0.25, -0.2) is 4.98 Å². The number of aromatic nitrogens is 2. The van der Waals surface area contributed by atoms with Gasteiger partial charge in [0.2, 0.25) is 0 Å². The molecule has 1 heterocycles. The summed E-state index contributed by atoms with van der Waals surface area (Å²) < 4.78 is 7.89. The quantitative estimate of drug-likeness (QED) is 0.319. The Labute approximate surface area is 211 Å². The van der Waals surface area contributed by atoms with Crippen LogP contribution in [0.3, 0.4) is 0 Å². The van der Waals surface area contributed by atoms with Gasteiger partial charge < -0.3 is 10.1 Å². The van der Waals surface area contributed by atoms with Crippen LogP contribution >= 0.6 is 15.9 Å². The summed E-state index contributed by atoms with van der Waals surface area (Å²) in [7, 11) is 0. The van der Waals surface area contributed by atoms with Crippen molar-refractivity contribution >= 4 is 44.6 Å². The molecular weight excluding hydrogens is 508 g/mol. The average molecular weight is 533 g/mol. The molecule has 178 valence electrons.